The Balaban J connectivity index is 2.72. The maximum absolute atomic E-state index is 9.42. The average molecular weight is 177 g/mol. The first kappa shape index (κ1) is 9.88. The topological polar surface area (TPSA) is 84.2 Å². The Hall–Kier alpha value is -0.200. The van der Waals surface area contributed by atoms with Gasteiger partial charge in [-0.15, -0.1) is 0 Å². The standard InChI is InChI=1S/C7H15NO4/c1-8-6(11)4(2-9)5(3-10)7(8)12/h4-7,9-12H,2-3H2,1H3/t4-,5-,6-,7+/m0/s1. The molecule has 1 aliphatic heterocycles. The molecule has 0 aromatic rings. The first-order valence-electron chi connectivity index (χ1n) is 3.93. The van der Waals surface area contributed by atoms with Gasteiger partial charge in [0.15, 0.2) is 0 Å². The number of hydrogen-bond acceptors (Lipinski definition) is 5. The van der Waals surface area contributed by atoms with E-state index in [1.807, 2.05) is 0 Å². The number of nitrogens with zero attached hydrogens (tertiary/aromatic N) is 1. The summed E-state index contributed by atoms with van der Waals surface area (Å²) in [6, 6.07) is 0. The maximum Gasteiger partial charge on any atom is 0.114 e. The molecule has 5 nitrogen and oxygen atoms in total. The van der Waals surface area contributed by atoms with Crippen LogP contribution in [0.3, 0.4) is 0 Å². The van der Waals surface area contributed by atoms with Crippen molar-refractivity contribution in [1.82, 2.24) is 4.90 Å². The van der Waals surface area contributed by atoms with Crippen LogP contribution < -0.4 is 0 Å². The lowest BCUT2D eigenvalue weighted by Crippen LogP contribution is -2.34. The Labute approximate surface area is 70.9 Å². The van der Waals surface area contributed by atoms with Crippen LogP contribution in [0.1, 0.15) is 0 Å². The van der Waals surface area contributed by atoms with Crippen molar-refractivity contribution in [2.75, 3.05) is 20.3 Å². The fraction of sp³-hybridized carbons (Fsp3) is 1.00. The highest BCUT2D eigenvalue weighted by Gasteiger charge is 2.44. The lowest BCUT2D eigenvalue weighted by atomic mass is 9.95. The molecule has 0 radical (unpaired) electrons. The van der Waals surface area contributed by atoms with Crippen molar-refractivity contribution in [2.24, 2.45) is 11.8 Å². The van der Waals surface area contributed by atoms with E-state index in [0.29, 0.717) is 0 Å². The summed E-state index contributed by atoms with van der Waals surface area (Å²) in [6.45, 7) is -0.457. The summed E-state index contributed by atoms with van der Waals surface area (Å²) in [5.74, 6) is -0.926. The molecular weight excluding hydrogens is 162 g/mol. The molecule has 5 heteroatoms. The number of hydrogen-bond donors (Lipinski definition) is 4. The highest BCUT2D eigenvalue weighted by Crippen LogP contribution is 2.30. The van der Waals surface area contributed by atoms with Gasteiger partial charge in [0.05, 0.1) is 13.2 Å². The summed E-state index contributed by atoms with van der Waals surface area (Å²) in [5.41, 5.74) is 0. The second kappa shape index (κ2) is 3.68. The third kappa shape index (κ3) is 1.34. The highest BCUT2D eigenvalue weighted by atomic mass is 16.3. The van der Waals surface area contributed by atoms with Crippen LogP contribution >= 0.6 is 0 Å². The van der Waals surface area contributed by atoms with Crippen LogP contribution in [0.15, 0.2) is 0 Å². The van der Waals surface area contributed by atoms with Crippen LogP contribution in [-0.4, -0.2) is 58.0 Å². The molecule has 0 amide bonds. The molecule has 1 fully saturated rings. The van der Waals surface area contributed by atoms with Crippen molar-refractivity contribution in [1.29, 1.82) is 0 Å². The molecular formula is C7H15NO4. The molecule has 4 N–H and O–H groups in total. The van der Waals surface area contributed by atoms with Crippen molar-refractivity contribution < 1.29 is 20.4 Å². The summed E-state index contributed by atoms with van der Waals surface area (Å²) >= 11 is 0. The summed E-state index contributed by atoms with van der Waals surface area (Å²) in [6.07, 6.45) is -1.75. The minimum atomic E-state index is -0.873. The fourth-order valence-electron chi connectivity index (χ4n) is 1.66. The molecule has 4 atom stereocenters. The molecule has 1 saturated heterocycles. The van der Waals surface area contributed by atoms with Gasteiger partial charge in [0.1, 0.15) is 12.5 Å². The van der Waals surface area contributed by atoms with Crippen LogP contribution in [0, 0.1) is 11.8 Å². The van der Waals surface area contributed by atoms with Gasteiger partial charge in [-0.3, -0.25) is 4.90 Å². The Kier molecular flexibility index (Phi) is 3.03. The van der Waals surface area contributed by atoms with Crippen molar-refractivity contribution >= 4 is 0 Å². The predicted molar refractivity (Wildman–Crippen MR) is 40.9 cm³/mol. The quantitative estimate of drug-likeness (QED) is 0.384. The van der Waals surface area contributed by atoms with Gasteiger partial charge in [-0.05, 0) is 7.05 Å². The van der Waals surface area contributed by atoms with Gasteiger partial charge in [0.25, 0.3) is 0 Å². The molecule has 72 valence electrons. The zero-order chi connectivity index (χ0) is 9.30. The lowest BCUT2D eigenvalue weighted by Gasteiger charge is -2.18. The van der Waals surface area contributed by atoms with Crippen molar-refractivity contribution in [3.8, 4) is 0 Å². The average Bonchev–Trinajstić information content (AvgIpc) is 2.29. The molecule has 0 aromatic heterocycles. The van der Waals surface area contributed by atoms with Crippen molar-refractivity contribution in [3.63, 3.8) is 0 Å². The van der Waals surface area contributed by atoms with E-state index < -0.39 is 24.3 Å². The summed E-state index contributed by atoms with van der Waals surface area (Å²) in [5, 5.41) is 36.6. The fourth-order valence-corrected chi connectivity index (χ4v) is 1.66. The SMILES string of the molecule is CN1[C@H](O)[C@@H](CO)[C@H](CO)[C@@H]1O. The number of aliphatic hydroxyl groups is 4. The maximum atomic E-state index is 9.42. The van der Waals surface area contributed by atoms with Crippen LogP contribution in [0.2, 0.25) is 0 Å². The largest absolute Gasteiger partial charge is 0.396 e. The van der Waals surface area contributed by atoms with E-state index in [9.17, 15) is 10.2 Å². The smallest absolute Gasteiger partial charge is 0.114 e. The molecule has 12 heavy (non-hydrogen) atoms. The second-order valence-corrected chi connectivity index (χ2v) is 3.19. The zero-order valence-corrected chi connectivity index (χ0v) is 6.96. The Morgan fingerprint density at radius 3 is 1.58 bits per heavy atom. The lowest BCUT2D eigenvalue weighted by molar-refractivity contribution is -0.0533. The second-order valence-electron chi connectivity index (χ2n) is 3.19. The van der Waals surface area contributed by atoms with E-state index in [2.05, 4.69) is 0 Å². The van der Waals surface area contributed by atoms with E-state index in [0.717, 1.165) is 0 Å². The molecule has 0 spiro atoms. The molecule has 0 aliphatic carbocycles. The predicted octanol–water partition coefficient (Wildman–Crippen LogP) is -2.21. The number of likely N-dealkylation sites (tertiary alicyclic amines) is 1. The zero-order valence-electron chi connectivity index (χ0n) is 6.96. The Bertz CT molecular complexity index is 138. The first-order chi connectivity index (χ1) is 5.63. The molecule has 1 heterocycles. The molecule has 1 rings (SSSR count). The van der Waals surface area contributed by atoms with Gasteiger partial charge < -0.3 is 20.4 Å². The van der Waals surface area contributed by atoms with Gasteiger partial charge in [-0.1, -0.05) is 0 Å². The highest BCUT2D eigenvalue weighted by molar-refractivity contribution is 4.87. The monoisotopic (exact) mass is 177 g/mol. The number of rotatable bonds is 2. The van der Waals surface area contributed by atoms with Gasteiger partial charge in [0, 0.05) is 11.8 Å². The van der Waals surface area contributed by atoms with E-state index >= 15 is 0 Å². The summed E-state index contributed by atoms with van der Waals surface area (Å²) in [4.78, 5) is 1.34. The van der Waals surface area contributed by atoms with E-state index in [1.165, 1.54) is 4.90 Å². The number of aliphatic hydroxyl groups excluding tert-OH is 4. The Morgan fingerprint density at radius 2 is 1.33 bits per heavy atom. The molecule has 0 unspecified atom stereocenters. The molecule has 0 bridgehead atoms. The normalized spacial score (nSPS) is 43.8. The van der Waals surface area contributed by atoms with Crippen molar-refractivity contribution in [3.05, 3.63) is 0 Å². The van der Waals surface area contributed by atoms with Gasteiger partial charge in [-0.25, -0.2) is 0 Å². The van der Waals surface area contributed by atoms with Crippen LogP contribution in [0.25, 0.3) is 0 Å². The van der Waals surface area contributed by atoms with Gasteiger partial charge in [0.2, 0.25) is 0 Å². The molecule has 1 aliphatic rings. The third-order valence-corrected chi connectivity index (χ3v) is 2.57. The van der Waals surface area contributed by atoms with Crippen LogP contribution in [0.5, 0.6) is 0 Å². The van der Waals surface area contributed by atoms with Crippen molar-refractivity contribution in [2.45, 2.75) is 12.5 Å². The van der Waals surface area contributed by atoms with Crippen LogP contribution in [-0.2, 0) is 0 Å². The van der Waals surface area contributed by atoms with Gasteiger partial charge >= 0.3 is 0 Å². The Morgan fingerprint density at radius 1 is 1.00 bits per heavy atom. The van der Waals surface area contributed by atoms with E-state index in [1.54, 1.807) is 7.05 Å². The van der Waals surface area contributed by atoms with E-state index in [4.69, 9.17) is 10.2 Å². The summed E-state index contributed by atoms with van der Waals surface area (Å²) in [7, 11) is 1.55. The third-order valence-electron chi connectivity index (χ3n) is 2.57. The molecule has 0 saturated carbocycles. The van der Waals surface area contributed by atoms with Crippen LogP contribution in [0.4, 0.5) is 0 Å². The van der Waals surface area contributed by atoms with E-state index in [-0.39, 0.29) is 13.2 Å². The minimum absolute atomic E-state index is 0.228. The molecule has 0 aromatic carbocycles. The summed E-state index contributed by atoms with van der Waals surface area (Å²) < 4.78 is 0. The minimum Gasteiger partial charge on any atom is -0.396 e. The van der Waals surface area contributed by atoms with Gasteiger partial charge in [-0.2, -0.15) is 0 Å². The first-order valence-corrected chi connectivity index (χ1v) is 3.93.